The fourth-order valence-corrected chi connectivity index (χ4v) is 7.07. The van der Waals surface area contributed by atoms with E-state index in [2.05, 4.69) is 66.2 Å². The molecule has 5 atom stereocenters. The van der Waals surface area contributed by atoms with Crippen molar-refractivity contribution in [2.45, 2.75) is 89.9 Å². The standard InChI is InChI=1S/C35H42N2O4.Na/c1-21-5-6-22(2)37(21)20-29-17-27(11-13-30(29)26-15-16-36-33(19-26)40-4)31-14-12-24-7-10-28(18-32(24)41-31)34(25-8-9-25)23(3)35(38)39;/h7,10-11,13,15-19,21-23,25,31,34H,5-6,8-9,12,14,20H2,1-4H3,(H,38,39);/q;+1/p-1/t21-,22+,23-,31?,34-;/m0./s1. The number of likely N-dealkylation sites (tertiary alicyclic amines) is 1. The summed E-state index contributed by atoms with van der Waals surface area (Å²) >= 11 is 0. The van der Waals surface area contributed by atoms with Gasteiger partial charge in [-0.05, 0) is 110 Å². The van der Waals surface area contributed by atoms with Gasteiger partial charge in [-0.1, -0.05) is 37.3 Å². The number of methoxy groups -OCH3 is 1. The topological polar surface area (TPSA) is 74.7 Å². The summed E-state index contributed by atoms with van der Waals surface area (Å²) in [7, 11) is 1.65. The number of carbonyl (C=O) groups is 1. The predicted octanol–water partition coefficient (Wildman–Crippen LogP) is 3.08. The molecule has 0 spiro atoms. The Morgan fingerprint density at radius 1 is 1.05 bits per heavy atom. The number of aryl methyl sites for hydroxylation is 1. The molecule has 3 heterocycles. The molecule has 1 aliphatic carbocycles. The monoisotopic (exact) mass is 576 g/mol. The van der Waals surface area contributed by atoms with Crippen LogP contribution < -0.4 is 44.1 Å². The zero-order valence-corrected chi connectivity index (χ0v) is 27.6. The van der Waals surface area contributed by atoms with E-state index in [1.54, 1.807) is 14.0 Å². The van der Waals surface area contributed by atoms with Crippen LogP contribution in [-0.4, -0.2) is 35.0 Å². The van der Waals surface area contributed by atoms with Crippen LogP contribution in [0.3, 0.4) is 0 Å². The molecule has 0 bridgehead atoms. The molecule has 0 amide bonds. The average molecular weight is 577 g/mol. The van der Waals surface area contributed by atoms with Crippen LogP contribution in [0.25, 0.3) is 11.1 Å². The smallest absolute Gasteiger partial charge is 0.550 e. The Labute approximate surface area is 272 Å². The Balaban J connectivity index is 0.00000353. The van der Waals surface area contributed by atoms with E-state index in [9.17, 15) is 9.90 Å². The fourth-order valence-electron chi connectivity index (χ4n) is 7.07. The Morgan fingerprint density at radius 2 is 1.81 bits per heavy atom. The number of rotatable bonds is 9. The number of ether oxygens (including phenoxy) is 2. The molecule has 2 aromatic carbocycles. The first-order valence-corrected chi connectivity index (χ1v) is 15.2. The normalized spacial score (nSPS) is 23.3. The van der Waals surface area contributed by atoms with Gasteiger partial charge in [0.2, 0.25) is 5.88 Å². The first-order chi connectivity index (χ1) is 19.8. The van der Waals surface area contributed by atoms with E-state index in [0.29, 0.717) is 23.9 Å². The number of fused-ring (bicyclic) bond motifs is 1. The number of benzene rings is 2. The second kappa shape index (κ2) is 13.1. The molecular weight excluding hydrogens is 535 g/mol. The zero-order valence-electron chi connectivity index (χ0n) is 25.6. The third kappa shape index (κ3) is 6.42. The molecule has 7 heteroatoms. The summed E-state index contributed by atoms with van der Waals surface area (Å²) in [5.74, 6) is 0.401. The molecule has 6 nitrogen and oxygen atoms in total. The van der Waals surface area contributed by atoms with E-state index in [-0.39, 0.29) is 41.6 Å². The van der Waals surface area contributed by atoms with Crippen molar-refractivity contribution in [1.82, 2.24) is 9.88 Å². The minimum atomic E-state index is -0.973. The number of carboxylic acids is 1. The van der Waals surface area contributed by atoms with Crippen molar-refractivity contribution >= 4 is 5.97 Å². The van der Waals surface area contributed by atoms with E-state index in [1.165, 1.54) is 35.1 Å². The van der Waals surface area contributed by atoms with Crippen LogP contribution in [0.15, 0.2) is 54.7 Å². The van der Waals surface area contributed by atoms with E-state index in [4.69, 9.17) is 9.47 Å². The van der Waals surface area contributed by atoms with E-state index in [0.717, 1.165) is 49.1 Å². The summed E-state index contributed by atoms with van der Waals surface area (Å²) in [5.41, 5.74) is 7.02. The van der Waals surface area contributed by atoms with Gasteiger partial charge in [0, 0.05) is 42.8 Å². The van der Waals surface area contributed by atoms with Crippen molar-refractivity contribution in [2.75, 3.05) is 7.11 Å². The first-order valence-electron chi connectivity index (χ1n) is 15.2. The van der Waals surface area contributed by atoms with Crippen LogP contribution in [0, 0.1) is 11.8 Å². The van der Waals surface area contributed by atoms with Crippen molar-refractivity contribution < 1.29 is 48.9 Å². The molecule has 2 aliphatic heterocycles. The van der Waals surface area contributed by atoms with Crippen LogP contribution in [0.5, 0.6) is 11.6 Å². The van der Waals surface area contributed by atoms with Gasteiger partial charge in [0.15, 0.2) is 0 Å². The maximum Gasteiger partial charge on any atom is 1.00 e. The van der Waals surface area contributed by atoms with E-state index in [1.807, 2.05) is 12.3 Å². The second-order valence-electron chi connectivity index (χ2n) is 12.4. The largest absolute Gasteiger partial charge is 1.00 e. The van der Waals surface area contributed by atoms with Gasteiger partial charge in [0.1, 0.15) is 11.9 Å². The summed E-state index contributed by atoms with van der Waals surface area (Å²) in [5, 5.41) is 11.8. The summed E-state index contributed by atoms with van der Waals surface area (Å²) in [6.45, 7) is 7.33. The average Bonchev–Trinajstić information content (AvgIpc) is 3.78. The fraction of sp³-hybridized carbons (Fsp3) is 0.486. The molecule has 42 heavy (non-hydrogen) atoms. The van der Waals surface area contributed by atoms with Crippen LogP contribution >= 0.6 is 0 Å². The molecule has 2 fully saturated rings. The number of aliphatic carboxylic acids is 1. The molecule has 216 valence electrons. The molecule has 0 N–H and O–H groups in total. The quantitative estimate of drug-likeness (QED) is 0.365. The van der Waals surface area contributed by atoms with Crippen molar-refractivity contribution in [3.63, 3.8) is 0 Å². The van der Waals surface area contributed by atoms with Gasteiger partial charge in [0.25, 0.3) is 0 Å². The minimum Gasteiger partial charge on any atom is -0.550 e. The van der Waals surface area contributed by atoms with Crippen LogP contribution in [0.1, 0.15) is 87.2 Å². The van der Waals surface area contributed by atoms with Gasteiger partial charge in [-0.2, -0.15) is 0 Å². The van der Waals surface area contributed by atoms with Gasteiger partial charge in [-0.25, -0.2) is 4.98 Å². The molecule has 1 unspecified atom stereocenters. The summed E-state index contributed by atoms with van der Waals surface area (Å²) < 4.78 is 12.1. The minimum absolute atomic E-state index is 0. The molecule has 1 saturated heterocycles. The maximum absolute atomic E-state index is 11.8. The summed E-state index contributed by atoms with van der Waals surface area (Å²) in [6, 6.07) is 18.3. The predicted molar refractivity (Wildman–Crippen MR) is 158 cm³/mol. The van der Waals surface area contributed by atoms with Gasteiger partial charge in [0.05, 0.1) is 7.11 Å². The Morgan fingerprint density at radius 3 is 2.50 bits per heavy atom. The van der Waals surface area contributed by atoms with E-state index >= 15 is 0 Å². The van der Waals surface area contributed by atoms with Crippen LogP contribution in [-0.2, 0) is 17.8 Å². The third-order valence-corrected chi connectivity index (χ3v) is 9.71. The van der Waals surface area contributed by atoms with Crippen molar-refractivity contribution in [1.29, 1.82) is 0 Å². The Bertz CT molecular complexity index is 1410. The number of pyridine rings is 1. The van der Waals surface area contributed by atoms with Crippen molar-refractivity contribution in [2.24, 2.45) is 11.8 Å². The van der Waals surface area contributed by atoms with Gasteiger partial charge >= 0.3 is 29.6 Å². The third-order valence-electron chi connectivity index (χ3n) is 9.71. The first kappa shape index (κ1) is 31.1. The zero-order chi connectivity index (χ0) is 28.7. The molecular formula is C35H41N2NaO4. The van der Waals surface area contributed by atoms with Crippen LogP contribution in [0.2, 0.25) is 0 Å². The Hall–Kier alpha value is -2.38. The number of hydrogen-bond acceptors (Lipinski definition) is 6. The molecule has 1 saturated carbocycles. The molecule has 3 aromatic rings. The van der Waals surface area contributed by atoms with Crippen LogP contribution in [0.4, 0.5) is 0 Å². The van der Waals surface area contributed by atoms with Gasteiger partial charge < -0.3 is 19.4 Å². The summed E-state index contributed by atoms with van der Waals surface area (Å²) in [6.07, 6.45) is 8.21. The van der Waals surface area contributed by atoms with E-state index < -0.39 is 11.9 Å². The SMILES string of the molecule is COc1cc(-c2ccc(C3CCc4ccc([C@H](C5CC5)[C@H](C)C(=O)[O-])cc4O3)cc2CN2[C@H](C)CC[C@@H]2C)ccn1.[Na+]. The maximum atomic E-state index is 11.8. The van der Waals surface area contributed by atoms with Crippen molar-refractivity contribution in [3.8, 4) is 22.8 Å². The number of nitrogens with zero attached hydrogens (tertiary/aromatic N) is 2. The van der Waals surface area contributed by atoms with Gasteiger partial charge in [-0.3, -0.25) is 4.90 Å². The molecule has 1 aromatic heterocycles. The molecule has 0 radical (unpaired) electrons. The number of carbonyl (C=O) groups excluding carboxylic acids is 1. The molecule has 3 aliphatic rings. The Kier molecular flexibility index (Phi) is 9.68. The van der Waals surface area contributed by atoms with Gasteiger partial charge in [-0.15, -0.1) is 0 Å². The second-order valence-corrected chi connectivity index (χ2v) is 12.4. The summed E-state index contributed by atoms with van der Waals surface area (Å²) in [4.78, 5) is 18.7. The number of carboxylic acid groups (broad SMARTS) is 1. The number of aromatic nitrogens is 1. The number of hydrogen-bond donors (Lipinski definition) is 0. The molecule has 6 rings (SSSR count). The van der Waals surface area contributed by atoms with Crippen molar-refractivity contribution in [3.05, 3.63) is 77.0 Å².